The van der Waals surface area contributed by atoms with Crippen LogP contribution >= 0.6 is 15.9 Å². The van der Waals surface area contributed by atoms with Gasteiger partial charge in [0.2, 0.25) is 0 Å². The van der Waals surface area contributed by atoms with Crippen molar-refractivity contribution in [1.82, 2.24) is 0 Å². The number of hydrogen-bond acceptors (Lipinski definition) is 3. The molecule has 20 heavy (non-hydrogen) atoms. The highest BCUT2D eigenvalue weighted by atomic mass is 79.9. The van der Waals surface area contributed by atoms with E-state index in [0.29, 0.717) is 11.0 Å². The number of rotatable bonds is 5. The summed E-state index contributed by atoms with van der Waals surface area (Å²) < 4.78 is 0.609. The molecule has 0 spiro atoms. The molecule has 1 fully saturated rings. The zero-order valence-corrected chi connectivity index (χ0v) is 13.4. The minimum atomic E-state index is -0.341. The van der Waals surface area contributed by atoms with E-state index in [-0.39, 0.29) is 16.0 Å². The minimum absolute atomic E-state index is 0.110. The topological polar surface area (TPSA) is 69.2 Å². The Labute approximate surface area is 128 Å². The summed E-state index contributed by atoms with van der Waals surface area (Å²) in [4.78, 5) is 10.7. The highest BCUT2D eigenvalue weighted by Gasteiger charge is 2.38. The SMILES string of the molecule is CCC1CCC(CN)(Cc2cccc([N+](=O)[O-])c2Br)C1. The van der Waals surface area contributed by atoms with E-state index in [0.717, 1.165) is 30.7 Å². The lowest BCUT2D eigenvalue weighted by Crippen LogP contribution is -2.30. The van der Waals surface area contributed by atoms with Gasteiger partial charge in [-0.25, -0.2) is 0 Å². The van der Waals surface area contributed by atoms with E-state index in [9.17, 15) is 10.1 Å². The second-order valence-corrected chi connectivity index (χ2v) is 6.70. The molecule has 2 unspecified atom stereocenters. The molecular formula is C15H21BrN2O2. The molecule has 0 bridgehead atoms. The van der Waals surface area contributed by atoms with Crippen molar-refractivity contribution in [1.29, 1.82) is 0 Å². The van der Waals surface area contributed by atoms with Crippen LogP contribution in [0.5, 0.6) is 0 Å². The van der Waals surface area contributed by atoms with Crippen LogP contribution in [0.3, 0.4) is 0 Å². The smallest absolute Gasteiger partial charge is 0.283 e. The number of hydrogen-bond donors (Lipinski definition) is 1. The molecule has 2 atom stereocenters. The Balaban J connectivity index is 2.25. The van der Waals surface area contributed by atoms with E-state index >= 15 is 0 Å². The molecule has 2 rings (SSSR count). The monoisotopic (exact) mass is 340 g/mol. The van der Waals surface area contributed by atoms with Crippen LogP contribution in [0.2, 0.25) is 0 Å². The first-order chi connectivity index (χ1) is 9.51. The lowest BCUT2D eigenvalue weighted by atomic mass is 9.79. The van der Waals surface area contributed by atoms with Crippen LogP contribution in [0.25, 0.3) is 0 Å². The third-order valence-electron chi connectivity index (χ3n) is 4.64. The number of nitro groups is 1. The fourth-order valence-electron chi connectivity index (χ4n) is 3.34. The second-order valence-electron chi connectivity index (χ2n) is 5.91. The van der Waals surface area contributed by atoms with Crippen LogP contribution < -0.4 is 5.73 Å². The summed E-state index contributed by atoms with van der Waals surface area (Å²) in [6, 6.07) is 5.26. The third kappa shape index (κ3) is 3.04. The molecule has 0 amide bonds. The molecule has 0 radical (unpaired) electrons. The predicted octanol–water partition coefficient (Wildman–Crippen LogP) is 4.06. The maximum Gasteiger partial charge on any atom is 0.283 e. The molecule has 0 aromatic heterocycles. The van der Waals surface area contributed by atoms with Gasteiger partial charge in [0.25, 0.3) is 5.69 Å². The zero-order chi connectivity index (χ0) is 14.8. The van der Waals surface area contributed by atoms with Crippen molar-refractivity contribution < 1.29 is 4.92 Å². The van der Waals surface area contributed by atoms with Gasteiger partial charge in [-0.3, -0.25) is 10.1 Å². The molecule has 0 aliphatic heterocycles. The molecule has 1 aromatic rings. The van der Waals surface area contributed by atoms with E-state index in [2.05, 4.69) is 22.9 Å². The van der Waals surface area contributed by atoms with Crippen molar-refractivity contribution in [2.45, 2.75) is 39.0 Å². The summed E-state index contributed by atoms with van der Waals surface area (Å²) in [5.41, 5.74) is 7.28. The van der Waals surface area contributed by atoms with E-state index in [1.54, 1.807) is 6.07 Å². The van der Waals surface area contributed by atoms with Gasteiger partial charge in [-0.2, -0.15) is 0 Å². The van der Waals surface area contributed by atoms with Crippen LogP contribution in [0, 0.1) is 21.4 Å². The molecular weight excluding hydrogens is 320 g/mol. The van der Waals surface area contributed by atoms with Gasteiger partial charge in [0, 0.05) is 6.07 Å². The molecule has 4 nitrogen and oxygen atoms in total. The first kappa shape index (κ1) is 15.4. The molecule has 1 aromatic carbocycles. The highest BCUT2D eigenvalue weighted by Crippen LogP contribution is 2.46. The molecule has 1 aliphatic carbocycles. The highest BCUT2D eigenvalue weighted by molar-refractivity contribution is 9.10. The van der Waals surface area contributed by atoms with Gasteiger partial charge < -0.3 is 5.73 Å². The van der Waals surface area contributed by atoms with Crippen LogP contribution in [0.4, 0.5) is 5.69 Å². The van der Waals surface area contributed by atoms with Gasteiger partial charge in [-0.15, -0.1) is 0 Å². The molecule has 0 saturated heterocycles. The van der Waals surface area contributed by atoms with Crippen molar-refractivity contribution in [3.8, 4) is 0 Å². The Morgan fingerprint density at radius 2 is 2.30 bits per heavy atom. The fourth-order valence-corrected chi connectivity index (χ4v) is 3.89. The number of halogens is 1. The number of nitrogens with zero attached hydrogens (tertiary/aromatic N) is 1. The summed E-state index contributed by atoms with van der Waals surface area (Å²) in [5, 5.41) is 11.0. The van der Waals surface area contributed by atoms with Crippen molar-refractivity contribution in [2.24, 2.45) is 17.1 Å². The van der Waals surface area contributed by atoms with Crippen molar-refractivity contribution in [3.63, 3.8) is 0 Å². The minimum Gasteiger partial charge on any atom is -0.330 e. The number of nitrogens with two attached hydrogens (primary N) is 1. The van der Waals surface area contributed by atoms with Crippen molar-refractivity contribution in [2.75, 3.05) is 6.54 Å². The van der Waals surface area contributed by atoms with E-state index < -0.39 is 0 Å². The first-order valence-electron chi connectivity index (χ1n) is 7.13. The Morgan fingerprint density at radius 1 is 1.55 bits per heavy atom. The molecule has 1 saturated carbocycles. The van der Waals surface area contributed by atoms with E-state index in [1.165, 1.54) is 18.9 Å². The van der Waals surface area contributed by atoms with Crippen molar-refractivity contribution >= 4 is 21.6 Å². The maximum atomic E-state index is 11.0. The number of nitro benzene ring substituents is 1. The zero-order valence-electron chi connectivity index (χ0n) is 11.8. The second kappa shape index (κ2) is 6.22. The first-order valence-corrected chi connectivity index (χ1v) is 7.92. The molecule has 2 N–H and O–H groups in total. The van der Waals surface area contributed by atoms with E-state index in [1.807, 2.05) is 6.07 Å². The van der Waals surface area contributed by atoms with Crippen LogP contribution in [0.15, 0.2) is 22.7 Å². The van der Waals surface area contributed by atoms with Gasteiger partial charge in [0.05, 0.1) is 9.40 Å². The number of benzene rings is 1. The lowest BCUT2D eigenvalue weighted by molar-refractivity contribution is -0.385. The predicted molar refractivity (Wildman–Crippen MR) is 83.6 cm³/mol. The summed E-state index contributed by atoms with van der Waals surface area (Å²) >= 11 is 3.39. The third-order valence-corrected chi connectivity index (χ3v) is 5.55. The largest absolute Gasteiger partial charge is 0.330 e. The van der Waals surface area contributed by atoms with Crippen LogP contribution in [-0.4, -0.2) is 11.5 Å². The van der Waals surface area contributed by atoms with Crippen LogP contribution in [0.1, 0.15) is 38.2 Å². The molecule has 0 heterocycles. The summed E-state index contributed by atoms with van der Waals surface area (Å²) in [6.07, 6.45) is 5.49. The van der Waals surface area contributed by atoms with Gasteiger partial charge in [0.15, 0.2) is 0 Å². The Hall–Kier alpha value is -0.940. The fraction of sp³-hybridized carbons (Fsp3) is 0.600. The Kier molecular flexibility index (Phi) is 4.81. The average Bonchev–Trinajstić information content (AvgIpc) is 2.85. The van der Waals surface area contributed by atoms with Gasteiger partial charge >= 0.3 is 0 Å². The summed E-state index contributed by atoms with van der Waals surface area (Å²) in [5.74, 6) is 0.746. The Morgan fingerprint density at radius 3 is 2.85 bits per heavy atom. The molecule has 110 valence electrons. The summed E-state index contributed by atoms with van der Waals surface area (Å²) in [6.45, 7) is 2.87. The lowest BCUT2D eigenvalue weighted by Gasteiger charge is -2.28. The standard InChI is InChI=1S/C15H21BrN2O2/c1-2-11-6-7-15(8-11,10-17)9-12-4-3-5-13(14(12)16)18(19)20/h3-5,11H,2,6-10,17H2,1H3. The average molecular weight is 341 g/mol. The summed E-state index contributed by atoms with van der Waals surface area (Å²) in [7, 11) is 0. The Bertz CT molecular complexity index is 507. The quantitative estimate of drug-likeness (QED) is 0.649. The molecule has 5 heteroatoms. The van der Waals surface area contributed by atoms with E-state index in [4.69, 9.17) is 5.73 Å². The van der Waals surface area contributed by atoms with Gasteiger partial charge in [-0.05, 0) is 65.1 Å². The molecule has 1 aliphatic rings. The maximum absolute atomic E-state index is 11.0. The van der Waals surface area contributed by atoms with Crippen LogP contribution in [-0.2, 0) is 6.42 Å². The van der Waals surface area contributed by atoms with Gasteiger partial charge in [0.1, 0.15) is 0 Å². The normalized spacial score (nSPS) is 25.9. The van der Waals surface area contributed by atoms with Gasteiger partial charge in [-0.1, -0.05) is 25.5 Å². The van der Waals surface area contributed by atoms with Crippen molar-refractivity contribution in [3.05, 3.63) is 38.3 Å².